The van der Waals surface area contributed by atoms with E-state index in [0.29, 0.717) is 6.42 Å². The second kappa shape index (κ2) is 9.16. The molecule has 0 fully saturated rings. The number of Topliss-reactive ketones (excluding diaryl/α,β-unsaturated/α-hetero) is 1. The summed E-state index contributed by atoms with van der Waals surface area (Å²) in [4.78, 5) is 17.3. The lowest BCUT2D eigenvalue weighted by Gasteiger charge is -1.90. The van der Waals surface area contributed by atoms with Crippen molar-refractivity contribution in [1.82, 2.24) is 9.97 Å². The van der Waals surface area contributed by atoms with Crippen LogP contribution in [0, 0.1) is 6.92 Å². The molecule has 2 aromatic rings. The van der Waals surface area contributed by atoms with E-state index in [1.54, 1.807) is 19.4 Å². The van der Waals surface area contributed by atoms with Crippen LogP contribution < -0.4 is 0 Å². The highest BCUT2D eigenvalue weighted by molar-refractivity contribution is 5.75. The number of benzene rings is 1. The van der Waals surface area contributed by atoms with Crippen LogP contribution in [0.4, 0.5) is 0 Å². The van der Waals surface area contributed by atoms with Gasteiger partial charge in [-0.15, -0.1) is 0 Å². The number of aryl methyl sites for hydroxylation is 2. The van der Waals surface area contributed by atoms with Crippen LogP contribution in [0.3, 0.4) is 0 Å². The van der Waals surface area contributed by atoms with Crippen molar-refractivity contribution in [2.24, 2.45) is 0 Å². The van der Waals surface area contributed by atoms with E-state index in [-0.39, 0.29) is 13.2 Å². The van der Waals surface area contributed by atoms with Crippen molar-refractivity contribution in [3.05, 3.63) is 54.1 Å². The first-order valence-corrected chi connectivity index (χ1v) is 5.67. The summed E-state index contributed by atoms with van der Waals surface area (Å²) in [5.41, 5.74) is 2.35. The number of hydrogen-bond donors (Lipinski definition) is 1. The molecule has 3 heteroatoms. The Kier molecular flexibility index (Phi) is 8.20. The van der Waals surface area contributed by atoms with Crippen molar-refractivity contribution in [2.75, 3.05) is 0 Å². The van der Waals surface area contributed by atoms with E-state index in [4.69, 9.17) is 0 Å². The highest BCUT2D eigenvalue weighted by atomic mass is 16.1. The Morgan fingerprint density at radius 1 is 1.28 bits per heavy atom. The molecule has 1 N–H and O–H groups in total. The van der Waals surface area contributed by atoms with Gasteiger partial charge in [-0.05, 0) is 20.3 Å². The Bertz CT molecular complexity index is 421. The maximum Gasteiger partial charge on any atom is 0.130 e. The van der Waals surface area contributed by atoms with Crippen molar-refractivity contribution < 1.29 is 4.79 Å². The third-order valence-electron chi connectivity index (χ3n) is 2.24. The van der Waals surface area contributed by atoms with Crippen LogP contribution in [-0.2, 0) is 11.2 Å². The van der Waals surface area contributed by atoms with Crippen molar-refractivity contribution in [3.63, 3.8) is 0 Å². The molecule has 2 rings (SSSR count). The van der Waals surface area contributed by atoms with E-state index >= 15 is 0 Å². The SMILES string of the molecule is C.CC(=O)CCc1cnc[nH]1.Cc1ccccc1. The molecule has 0 saturated carbocycles. The summed E-state index contributed by atoms with van der Waals surface area (Å²) < 4.78 is 0. The summed E-state index contributed by atoms with van der Waals surface area (Å²) in [7, 11) is 0. The normalized spacial score (nSPS) is 8.78. The number of nitrogens with one attached hydrogen (secondary N) is 1. The first-order valence-electron chi connectivity index (χ1n) is 5.67. The number of aromatic amines is 1. The molecular weight excluding hydrogens is 224 g/mol. The van der Waals surface area contributed by atoms with E-state index in [9.17, 15) is 4.79 Å². The van der Waals surface area contributed by atoms with E-state index in [0.717, 1.165) is 12.1 Å². The predicted octanol–water partition coefficient (Wildman–Crippen LogP) is 3.56. The molecule has 1 heterocycles. The molecule has 0 amide bonds. The highest BCUT2D eigenvalue weighted by Gasteiger charge is 1.95. The van der Waals surface area contributed by atoms with Crippen molar-refractivity contribution >= 4 is 5.78 Å². The first-order chi connectivity index (χ1) is 8.18. The van der Waals surface area contributed by atoms with E-state index < -0.39 is 0 Å². The summed E-state index contributed by atoms with van der Waals surface area (Å²) in [6.45, 7) is 3.68. The van der Waals surface area contributed by atoms with Crippen molar-refractivity contribution in [1.29, 1.82) is 0 Å². The van der Waals surface area contributed by atoms with Gasteiger partial charge in [0.1, 0.15) is 5.78 Å². The van der Waals surface area contributed by atoms with Gasteiger partial charge in [-0.25, -0.2) is 4.98 Å². The maximum atomic E-state index is 10.5. The number of aromatic nitrogens is 2. The standard InChI is InChI=1S/C7H10N2O.C7H8.CH4/c1-6(10)2-3-7-4-8-5-9-7;1-7-5-3-2-4-6-7;/h4-5H,2-3H2,1H3,(H,8,9);2-6H,1H3;1H4. The average Bonchev–Trinajstić information content (AvgIpc) is 2.81. The van der Waals surface area contributed by atoms with Gasteiger partial charge in [-0.1, -0.05) is 43.3 Å². The Labute approximate surface area is 109 Å². The van der Waals surface area contributed by atoms with Gasteiger partial charge in [-0.2, -0.15) is 0 Å². The molecule has 0 aliphatic carbocycles. The minimum Gasteiger partial charge on any atom is -0.348 e. The zero-order chi connectivity index (χ0) is 12.5. The van der Waals surface area contributed by atoms with Crippen LogP contribution in [-0.4, -0.2) is 15.8 Å². The van der Waals surface area contributed by atoms with Gasteiger partial charge in [0, 0.05) is 18.3 Å². The van der Waals surface area contributed by atoms with Crippen LogP contribution in [0.1, 0.15) is 32.0 Å². The summed E-state index contributed by atoms with van der Waals surface area (Å²) in [5.74, 6) is 0.217. The van der Waals surface area contributed by atoms with Gasteiger partial charge < -0.3 is 9.78 Å². The number of imidazole rings is 1. The fraction of sp³-hybridized carbons (Fsp3) is 0.333. The van der Waals surface area contributed by atoms with E-state index in [1.807, 2.05) is 18.2 Å². The van der Waals surface area contributed by atoms with Gasteiger partial charge in [0.25, 0.3) is 0 Å². The number of hydrogen-bond acceptors (Lipinski definition) is 2. The number of ketones is 1. The summed E-state index contributed by atoms with van der Waals surface area (Å²) >= 11 is 0. The van der Waals surface area contributed by atoms with Crippen LogP contribution >= 0.6 is 0 Å². The zero-order valence-electron chi connectivity index (χ0n) is 10.3. The number of rotatable bonds is 3. The van der Waals surface area contributed by atoms with Gasteiger partial charge in [0.05, 0.1) is 6.33 Å². The van der Waals surface area contributed by atoms with Crippen molar-refractivity contribution in [3.8, 4) is 0 Å². The Balaban J connectivity index is 0.000000321. The molecule has 1 aromatic heterocycles. The lowest BCUT2D eigenvalue weighted by atomic mass is 10.2. The smallest absolute Gasteiger partial charge is 0.130 e. The maximum absolute atomic E-state index is 10.5. The molecule has 0 bridgehead atoms. The van der Waals surface area contributed by atoms with E-state index in [1.165, 1.54) is 5.56 Å². The molecule has 0 aliphatic rings. The minimum atomic E-state index is 0. The van der Waals surface area contributed by atoms with Crippen LogP contribution in [0.5, 0.6) is 0 Å². The minimum absolute atomic E-state index is 0. The van der Waals surface area contributed by atoms with Gasteiger partial charge >= 0.3 is 0 Å². The number of carbonyl (C=O) groups excluding carboxylic acids is 1. The van der Waals surface area contributed by atoms with E-state index in [2.05, 4.69) is 29.0 Å². The van der Waals surface area contributed by atoms with Crippen LogP contribution in [0.25, 0.3) is 0 Å². The second-order valence-corrected chi connectivity index (χ2v) is 3.93. The first kappa shape index (κ1) is 16.1. The molecular formula is C15H22N2O. The van der Waals surface area contributed by atoms with Crippen LogP contribution in [0.2, 0.25) is 0 Å². The fourth-order valence-corrected chi connectivity index (χ4v) is 1.27. The predicted molar refractivity (Wildman–Crippen MR) is 75.5 cm³/mol. The molecule has 0 aliphatic heterocycles. The number of nitrogens with zero attached hydrogens (tertiary/aromatic N) is 1. The summed E-state index contributed by atoms with van der Waals surface area (Å²) in [6.07, 6.45) is 4.73. The lowest BCUT2D eigenvalue weighted by molar-refractivity contribution is -0.116. The lowest BCUT2D eigenvalue weighted by Crippen LogP contribution is -1.93. The van der Waals surface area contributed by atoms with Gasteiger partial charge in [-0.3, -0.25) is 0 Å². The third kappa shape index (κ3) is 7.39. The average molecular weight is 246 g/mol. The number of carbonyl (C=O) groups is 1. The molecule has 1 aromatic carbocycles. The molecule has 0 radical (unpaired) electrons. The Hall–Kier alpha value is -1.90. The molecule has 3 nitrogen and oxygen atoms in total. The number of H-pyrrole nitrogens is 1. The molecule has 0 atom stereocenters. The summed E-state index contributed by atoms with van der Waals surface area (Å²) in [6, 6.07) is 10.3. The fourth-order valence-electron chi connectivity index (χ4n) is 1.27. The van der Waals surface area contributed by atoms with Gasteiger partial charge in [0.2, 0.25) is 0 Å². The topological polar surface area (TPSA) is 45.8 Å². The van der Waals surface area contributed by atoms with Crippen molar-refractivity contribution in [2.45, 2.75) is 34.1 Å². The molecule has 0 spiro atoms. The third-order valence-corrected chi connectivity index (χ3v) is 2.24. The zero-order valence-corrected chi connectivity index (χ0v) is 10.3. The largest absolute Gasteiger partial charge is 0.348 e. The Morgan fingerprint density at radius 2 is 1.94 bits per heavy atom. The molecule has 0 saturated heterocycles. The second-order valence-electron chi connectivity index (χ2n) is 3.93. The molecule has 18 heavy (non-hydrogen) atoms. The monoisotopic (exact) mass is 246 g/mol. The van der Waals surface area contributed by atoms with Crippen LogP contribution in [0.15, 0.2) is 42.9 Å². The summed E-state index contributed by atoms with van der Waals surface area (Å²) in [5, 5.41) is 0. The molecule has 0 unspecified atom stereocenters. The van der Waals surface area contributed by atoms with Gasteiger partial charge in [0.15, 0.2) is 0 Å². The highest BCUT2D eigenvalue weighted by Crippen LogP contribution is 1.96. The quantitative estimate of drug-likeness (QED) is 0.900. The Morgan fingerprint density at radius 3 is 2.33 bits per heavy atom. The molecule has 98 valence electrons.